The van der Waals surface area contributed by atoms with Crippen molar-refractivity contribution in [3.8, 4) is 5.75 Å². The Balaban J connectivity index is 2.80. The van der Waals surface area contributed by atoms with Gasteiger partial charge in [0, 0.05) is 23.7 Å². The Kier molecular flexibility index (Phi) is 6.47. The van der Waals surface area contributed by atoms with Crippen LogP contribution in [0.1, 0.15) is 19.4 Å². The lowest BCUT2D eigenvalue weighted by molar-refractivity contribution is 0.332. The van der Waals surface area contributed by atoms with Crippen LogP contribution in [0.15, 0.2) is 28.8 Å². The molecule has 1 rings (SSSR count). The minimum Gasteiger partial charge on any atom is -0.485 e. The minimum absolute atomic E-state index is 0.0562. The van der Waals surface area contributed by atoms with Crippen molar-refractivity contribution in [3.05, 3.63) is 40.1 Å². The molecule has 0 aliphatic heterocycles. The predicted molar refractivity (Wildman–Crippen MR) is 73.7 cm³/mol. The number of halogens is 3. The molecular formula is C13H16Cl2FNO. The van der Waals surface area contributed by atoms with Gasteiger partial charge in [0.1, 0.15) is 6.61 Å². The standard InChI is InChI=1S/C13H16Cl2FNO/c1-9(2)17-7-10-4-3-5-12(16)13(10)18-8-11(15)6-14/h3-6,9,17H,7-8H2,1-2H3/b11-6-. The highest BCUT2D eigenvalue weighted by Crippen LogP contribution is 2.23. The van der Waals surface area contributed by atoms with Crippen molar-refractivity contribution >= 4 is 23.2 Å². The van der Waals surface area contributed by atoms with E-state index in [1.807, 2.05) is 19.9 Å². The van der Waals surface area contributed by atoms with Gasteiger partial charge >= 0.3 is 0 Å². The molecule has 0 aromatic heterocycles. The molecule has 0 radical (unpaired) electrons. The van der Waals surface area contributed by atoms with Crippen molar-refractivity contribution in [2.24, 2.45) is 0 Å². The lowest BCUT2D eigenvalue weighted by atomic mass is 10.2. The number of nitrogens with one attached hydrogen (secondary N) is 1. The van der Waals surface area contributed by atoms with Crippen molar-refractivity contribution in [1.82, 2.24) is 5.32 Å². The van der Waals surface area contributed by atoms with Crippen LogP contribution in [0.5, 0.6) is 5.75 Å². The van der Waals surface area contributed by atoms with E-state index in [-0.39, 0.29) is 12.4 Å². The molecule has 0 saturated carbocycles. The molecule has 0 unspecified atom stereocenters. The predicted octanol–water partition coefficient (Wildman–Crippen LogP) is 4.02. The molecular weight excluding hydrogens is 276 g/mol. The Morgan fingerprint density at radius 2 is 2.22 bits per heavy atom. The highest BCUT2D eigenvalue weighted by molar-refractivity contribution is 6.36. The molecule has 1 aromatic carbocycles. The van der Waals surface area contributed by atoms with E-state index in [1.54, 1.807) is 6.07 Å². The van der Waals surface area contributed by atoms with Gasteiger partial charge in [0.15, 0.2) is 11.6 Å². The van der Waals surface area contributed by atoms with Gasteiger partial charge in [0.25, 0.3) is 0 Å². The van der Waals surface area contributed by atoms with Crippen LogP contribution < -0.4 is 10.1 Å². The third-order valence-electron chi connectivity index (χ3n) is 2.22. The Morgan fingerprint density at radius 3 is 2.83 bits per heavy atom. The van der Waals surface area contributed by atoms with E-state index < -0.39 is 5.82 Å². The first-order valence-corrected chi connectivity index (χ1v) is 6.44. The average molecular weight is 292 g/mol. The summed E-state index contributed by atoms with van der Waals surface area (Å²) >= 11 is 11.1. The van der Waals surface area contributed by atoms with Crippen molar-refractivity contribution in [2.45, 2.75) is 26.4 Å². The first-order chi connectivity index (χ1) is 8.54. The van der Waals surface area contributed by atoms with E-state index in [4.69, 9.17) is 27.9 Å². The number of benzene rings is 1. The zero-order chi connectivity index (χ0) is 13.5. The lowest BCUT2D eigenvalue weighted by Crippen LogP contribution is -2.22. The molecule has 2 nitrogen and oxygen atoms in total. The van der Waals surface area contributed by atoms with Gasteiger partial charge < -0.3 is 10.1 Å². The summed E-state index contributed by atoms with van der Waals surface area (Å²) in [6.07, 6.45) is 0. The summed E-state index contributed by atoms with van der Waals surface area (Å²) in [6, 6.07) is 5.13. The molecule has 0 aliphatic rings. The minimum atomic E-state index is -0.405. The second-order valence-corrected chi connectivity index (χ2v) is 4.81. The third-order valence-corrected chi connectivity index (χ3v) is 2.82. The molecule has 0 amide bonds. The van der Waals surface area contributed by atoms with Crippen LogP contribution >= 0.6 is 23.2 Å². The van der Waals surface area contributed by atoms with Gasteiger partial charge in [-0.15, -0.1) is 0 Å². The van der Waals surface area contributed by atoms with Gasteiger partial charge in [-0.1, -0.05) is 49.2 Å². The Labute approximate surface area is 117 Å². The van der Waals surface area contributed by atoms with Crippen LogP contribution in [-0.4, -0.2) is 12.6 Å². The topological polar surface area (TPSA) is 21.3 Å². The quantitative estimate of drug-likeness (QED) is 0.855. The SMILES string of the molecule is CC(C)NCc1cccc(F)c1OC/C(Cl)=C/Cl. The fraction of sp³-hybridized carbons (Fsp3) is 0.385. The fourth-order valence-corrected chi connectivity index (χ4v) is 1.46. The Bertz CT molecular complexity index is 421. The third kappa shape index (κ3) is 4.84. The highest BCUT2D eigenvalue weighted by Gasteiger charge is 2.10. The molecule has 100 valence electrons. The van der Waals surface area contributed by atoms with Crippen molar-refractivity contribution in [1.29, 1.82) is 0 Å². The molecule has 0 heterocycles. The number of hydrogen-bond donors (Lipinski definition) is 1. The van der Waals surface area contributed by atoms with Gasteiger partial charge in [0.05, 0.1) is 5.03 Å². The van der Waals surface area contributed by atoms with Gasteiger partial charge in [-0.2, -0.15) is 0 Å². The zero-order valence-electron chi connectivity index (χ0n) is 10.3. The molecule has 5 heteroatoms. The molecule has 0 bridgehead atoms. The normalized spacial score (nSPS) is 12.0. The molecule has 0 fully saturated rings. The van der Waals surface area contributed by atoms with E-state index in [1.165, 1.54) is 11.6 Å². The van der Waals surface area contributed by atoms with E-state index in [2.05, 4.69) is 5.32 Å². The summed E-state index contributed by atoms with van der Waals surface area (Å²) < 4.78 is 19.0. The largest absolute Gasteiger partial charge is 0.485 e. The molecule has 1 N–H and O–H groups in total. The second kappa shape index (κ2) is 7.62. The maximum absolute atomic E-state index is 13.7. The number of para-hydroxylation sites is 1. The molecule has 0 spiro atoms. The van der Waals surface area contributed by atoms with Crippen LogP contribution in [0.25, 0.3) is 0 Å². The fourth-order valence-electron chi connectivity index (χ4n) is 1.34. The summed E-state index contributed by atoms with van der Waals surface area (Å²) in [5.74, 6) is -0.195. The van der Waals surface area contributed by atoms with Crippen LogP contribution in [0.3, 0.4) is 0 Å². The Hall–Kier alpha value is -0.770. The smallest absolute Gasteiger partial charge is 0.165 e. The van der Waals surface area contributed by atoms with Gasteiger partial charge in [-0.25, -0.2) is 4.39 Å². The second-order valence-electron chi connectivity index (χ2n) is 4.11. The van der Waals surface area contributed by atoms with Crippen molar-refractivity contribution in [3.63, 3.8) is 0 Å². The molecule has 0 atom stereocenters. The first kappa shape index (κ1) is 15.3. The number of rotatable bonds is 6. The molecule has 0 aliphatic carbocycles. The zero-order valence-corrected chi connectivity index (χ0v) is 11.9. The first-order valence-electron chi connectivity index (χ1n) is 5.63. The van der Waals surface area contributed by atoms with Gasteiger partial charge in [-0.05, 0) is 6.07 Å². The summed E-state index contributed by atoms with van der Waals surface area (Å²) in [6.45, 7) is 4.63. The summed E-state index contributed by atoms with van der Waals surface area (Å²) in [5.41, 5.74) is 1.96. The summed E-state index contributed by atoms with van der Waals surface area (Å²) in [4.78, 5) is 0. The summed E-state index contributed by atoms with van der Waals surface area (Å²) in [7, 11) is 0. The van der Waals surface area contributed by atoms with Crippen molar-refractivity contribution in [2.75, 3.05) is 6.61 Å². The maximum Gasteiger partial charge on any atom is 0.165 e. The van der Waals surface area contributed by atoms with Crippen LogP contribution in [-0.2, 0) is 6.54 Å². The maximum atomic E-state index is 13.7. The van der Waals surface area contributed by atoms with E-state index in [9.17, 15) is 4.39 Å². The van der Waals surface area contributed by atoms with Gasteiger partial charge in [0.2, 0.25) is 0 Å². The van der Waals surface area contributed by atoms with Crippen molar-refractivity contribution < 1.29 is 9.13 Å². The number of ether oxygens (including phenoxy) is 1. The van der Waals surface area contributed by atoms with E-state index in [0.717, 1.165) is 5.56 Å². The average Bonchev–Trinajstić information content (AvgIpc) is 2.34. The molecule has 0 saturated heterocycles. The van der Waals surface area contributed by atoms with Gasteiger partial charge in [-0.3, -0.25) is 0 Å². The number of hydrogen-bond acceptors (Lipinski definition) is 2. The highest BCUT2D eigenvalue weighted by atomic mass is 35.5. The van der Waals surface area contributed by atoms with Crippen LogP contribution in [0.2, 0.25) is 0 Å². The molecule has 18 heavy (non-hydrogen) atoms. The monoisotopic (exact) mass is 291 g/mol. The van der Waals surface area contributed by atoms with Crippen LogP contribution in [0.4, 0.5) is 4.39 Å². The van der Waals surface area contributed by atoms with Crippen LogP contribution in [0, 0.1) is 5.82 Å². The summed E-state index contributed by atoms with van der Waals surface area (Å²) in [5, 5.41) is 3.53. The van der Waals surface area contributed by atoms with E-state index >= 15 is 0 Å². The lowest BCUT2D eigenvalue weighted by Gasteiger charge is -2.14. The Morgan fingerprint density at radius 1 is 1.50 bits per heavy atom. The molecule has 1 aromatic rings. The van der Waals surface area contributed by atoms with E-state index in [0.29, 0.717) is 17.6 Å².